The summed E-state index contributed by atoms with van der Waals surface area (Å²) in [7, 11) is 0. The molecule has 0 atom stereocenters. The van der Waals surface area contributed by atoms with E-state index in [1.54, 1.807) is 12.3 Å². The highest BCUT2D eigenvalue weighted by atomic mass is 16.5. The SMILES string of the molecule is O=C1CN=Cc2ccccc2O1. The molecule has 0 aromatic heterocycles. The summed E-state index contributed by atoms with van der Waals surface area (Å²) in [4.78, 5) is 14.8. The number of nitrogens with zero attached hydrogens (tertiary/aromatic N) is 1. The molecule has 1 aliphatic rings. The van der Waals surface area contributed by atoms with Crippen molar-refractivity contribution in [3.63, 3.8) is 0 Å². The maximum atomic E-state index is 10.9. The molecule has 0 amide bonds. The van der Waals surface area contributed by atoms with Crippen molar-refractivity contribution >= 4 is 12.2 Å². The van der Waals surface area contributed by atoms with Crippen LogP contribution in [0.5, 0.6) is 5.75 Å². The third-order valence-corrected chi connectivity index (χ3v) is 1.59. The van der Waals surface area contributed by atoms with Gasteiger partial charge in [-0.1, -0.05) is 12.1 Å². The quantitative estimate of drug-likeness (QED) is 0.421. The Kier molecular flexibility index (Phi) is 1.63. The van der Waals surface area contributed by atoms with E-state index in [1.807, 2.05) is 18.2 Å². The van der Waals surface area contributed by atoms with E-state index in [-0.39, 0.29) is 12.5 Å². The number of para-hydroxylation sites is 1. The lowest BCUT2D eigenvalue weighted by molar-refractivity contribution is -0.132. The maximum Gasteiger partial charge on any atom is 0.333 e. The Morgan fingerprint density at radius 3 is 3.08 bits per heavy atom. The van der Waals surface area contributed by atoms with E-state index >= 15 is 0 Å². The number of carbonyl (C=O) groups is 1. The Hall–Kier alpha value is -1.64. The van der Waals surface area contributed by atoms with Crippen LogP contribution in [0.2, 0.25) is 0 Å². The van der Waals surface area contributed by atoms with Crippen LogP contribution < -0.4 is 4.74 Å². The van der Waals surface area contributed by atoms with Gasteiger partial charge in [0.2, 0.25) is 0 Å². The lowest BCUT2D eigenvalue weighted by atomic mass is 10.2. The molecule has 1 aromatic rings. The molecular weight excluding hydrogens is 154 g/mol. The third-order valence-electron chi connectivity index (χ3n) is 1.59. The minimum absolute atomic E-state index is 0.106. The molecule has 0 saturated carbocycles. The van der Waals surface area contributed by atoms with Gasteiger partial charge in [-0.3, -0.25) is 4.99 Å². The van der Waals surface area contributed by atoms with E-state index in [4.69, 9.17) is 4.74 Å². The van der Waals surface area contributed by atoms with Crippen molar-refractivity contribution in [1.29, 1.82) is 0 Å². The second-order valence-electron chi connectivity index (χ2n) is 2.48. The van der Waals surface area contributed by atoms with Crippen LogP contribution in [0, 0.1) is 0 Å². The van der Waals surface area contributed by atoms with Crippen molar-refractivity contribution in [2.75, 3.05) is 6.54 Å². The predicted molar refractivity (Wildman–Crippen MR) is 44.5 cm³/mol. The smallest absolute Gasteiger partial charge is 0.333 e. The lowest BCUT2D eigenvalue weighted by Gasteiger charge is -2.01. The molecule has 1 aliphatic heterocycles. The number of hydrogen-bond donors (Lipinski definition) is 0. The summed E-state index contributed by atoms with van der Waals surface area (Å²) >= 11 is 0. The summed E-state index contributed by atoms with van der Waals surface area (Å²) in [5, 5.41) is 0. The number of benzene rings is 1. The molecule has 60 valence electrons. The molecule has 1 aromatic carbocycles. The number of aliphatic imine (C=N–C) groups is 1. The van der Waals surface area contributed by atoms with Gasteiger partial charge in [-0.2, -0.15) is 0 Å². The molecule has 2 rings (SSSR count). The van der Waals surface area contributed by atoms with E-state index in [2.05, 4.69) is 4.99 Å². The van der Waals surface area contributed by atoms with Crippen LogP contribution in [0.1, 0.15) is 5.56 Å². The van der Waals surface area contributed by atoms with E-state index < -0.39 is 0 Å². The second kappa shape index (κ2) is 2.77. The Bertz CT molecular complexity index is 344. The maximum absolute atomic E-state index is 10.9. The Morgan fingerprint density at radius 1 is 1.33 bits per heavy atom. The molecule has 0 fully saturated rings. The van der Waals surface area contributed by atoms with Crippen LogP contribution in [0.4, 0.5) is 0 Å². The monoisotopic (exact) mass is 161 g/mol. The molecule has 0 radical (unpaired) electrons. The fraction of sp³-hybridized carbons (Fsp3) is 0.111. The number of rotatable bonds is 0. The minimum atomic E-state index is -0.309. The first-order chi connectivity index (χ1) is 5.86. The summed E-state index contributed by atoms with van der Waals surface area (Å²) in [6.45, 7) is 0.106. The summed E-state index contributed by atoms with van der Waals surface area (Å²) in [5.41, 5.74) is 0.850. The molecule has 1 heterocycles. The van der Waals surface area contributed by atoms with Crippen LogP contribution in [0.15, 0.2) is 29.3 Å². The summed E-state index contributed by atoms with van der Waals surface area (Å²) in [5.74, 6) is 0.278. The van der Waals surface area contributed by atoms with Crippen molar-refractivity contribution in [3.05, 3.63) is 29.8 Å². The molecule has 0 unspecified atom stereocenters. The normalized spacial score (nSPS) is 14.8. The first kappa shape index (κ1) is 7.03. The molecule has 0 spiro atoms. The average Bonchev–Trinajstić information content (AvgIpc) is 2.25. The summed E-state index contributed by atoms with van der Waals surface area (Å²) < 4.78 is 4.99. The highest BCUT2D eigenvalue weighted by Gasteiger charge is 2.09. The fourth-order valence-electron chi connectivity index (χ4n) is 1.05. The van der Waals surface area contributed by atoms with Crippen LogP contribution in [-0.4, -0.2) is 18.7 Å². The molecule has 12 heavy (non-hydrogen) atoms. The molecule has 0 aliphatic carbocycles. The van der Waals surface area contributed by atoms with E-state index in [1.165, 1.54) is 0 Å². The van der Waals surface area contributed by atoms with Gasteiger partial charge in [0.25, 0.3) is 0 Å². The first-order valence-electron chi connectivity index (χ1n) is 3.66. The van der Waals surface area contributed by atoms with Crippen molar-refractivity contribution in [2.45, 2.75) is 0 Å². The van der Waals surface area contributed by atoms with Crippen molar-refractivity contribution in [1.82, 2.24) is 0 Å². The molecule has 3 heteroatoms. The van der Waals surface area contributed by atoms with E-state index in [0.717, 1.165) is 5.56 Å². The van der Waals surface area contributed by atoms with Crippen molar-refractivity contribution in [3.8, 4) is 5.75 Å². The second-order valence-corrected chi connectivity index (χ2v) is 2.48. The minimum Gasteiger partial charge on any atom is -0.424 e. The van der Waals surface area contributed by atoms with Gasteiger partial charge >= 0.3 is 5.97 Å². The van der Waals surface area contributed by atoms with Crippen LogP contribution in [0.3, 0.4) is 0 Å². The summed E-state index contributed by atoms with van der Waals surface area (Å²) in [6, 6.07) is 7.32. The molecular formula is C9H7NO2. The third kappa shape index (κ3) is 1.21. The number of ether oxygens (including phenoxy) is 1. The van der Waals surface area contributed by atoms with Crippen LogP contribution in [-0.2, 0) is 4.79 Å². The van der Waals surface area contributed by atoms with Gasteiger partial charge in [0.05, 0.1) is 0 Å². The van der Waals surface area contributed by atoms with Gasteiger partial charge < -0.3 is 4.74 Å². The Balaban J connectivity index is 2.48. The van der Waals surface area contributed by atoms with Gasteiger partial charge in [0.15, 0.2) is 0 Å². The van der Waals surface area contributed by atoms with Gasteiger partial charge in [-0.25, -0.2) is 4.79 Å². The van der Waals surface area contributed by atoms with E-state index in [9.17, 15) is 4.79 Å². The number of esters is 1. The largest absolute Gasteiger partial charge is 0.424 e. The van der Waals surface area contributed by atoms with Gasteiger partial charge in [-0.15, -0.1) is 0 Å². The number of hydrogen-bond acceptors (Lipinski definition) is 3. The molecule has 0 bridgehead atoms. The van der Waals surface area contributed by atoms with Gasteiger partial charge in [0.1, 0.15) is 12.3 Å². The number of carbonyl (C=O) groups excluding carboxylic acids is 1. The van der Waals surface area contributed by atoms with Crippen molar-refractivity contribution < 1.29 is 9.53 Å². The van der Waals surface area contributed by atoms with Crippen LogP contribution >= 0.6 is 0 Å². The highest BCUT2D eigenvalue weighted by Crippen LogP contribution is 2.17. The zero-order valence-electron chi connectivity index (χ0n) is 6.36. The number of fused-ring (bicyclic) bond motifs is 1. The summed E-state index contributed by atoms with van der Waals surface area (Å²) in [6.07, 6.45) is 1.65. The zero-order chi connectivity index (χ0) is 8.39. The van der Waals surface area contributed by atoms with E-state index in [0.29, 0.717) is 5.75 Å². The molecule has 0 saturated heterocycles. The molecule has 0 N–H and O–H groups in total. The highest BCUT2D eigenvalue weighted by molar-refractivity contribution is 5.89. The van der Waals surface area contributed by atoms with Crippen molar-refractivity contribution in [2.24, 2.45) is 4.99 Å². The predicted octanol–water partition coefficient (Wildman–Crippen LogP) is 1.02. The Labute approximate surface area is 69.7 Å². The van der Waals surface area contributed by atoms with Gasteiger partial charge in [-0.05, 0) is 12.1 Å². The topological polar surface area (TPSA) is 38.7 Å². The fourth-order valence-corrected chi connectivity index (χ4v) is 1.05. The first-order valence-corrected chi connectivity index (χ1v) is 3.66. The Morgan fingerprint density at radius 2 is 2.17 bits per heavy atom. The standard InChI is InChI=1S/C9H7NO2/c11-9-6-10-5-7-3-1-2-4-8(7)12-9/h1-5H,6H2. The van der Waals surface area contributed by atoms with Gasteiger partial charge in [0, 0.05) is 11.8 Å². The zero-order valence-corrected chi connectivity index (χ0v) is 6.36. The molecule has 3 nitrogen and oxygen atoms in total. The lowest BCUT2D eigenvalue weighted by Crippen LogP contribution is -2.09. The van der Waals surface area contributed by atoms with Crippen LogP contribution in [0.25, 0.3) is 0 Å². The average molecular weight is 161 g/mol.